The van der Waals surface area contributed by atoms with Crippen molar-refractivity contribution in [2.45, 2.75) is 177 Å². The molecule has 6 rings (SSSR count). The number of hydrogen-bond donors (Lipinski definition) is 0. The maximum absolute atomic E-state index is 14.5. The second-order valence-electron chi connectivity index (χ2n) is 18.6. The van der Waals surface area contributed by atoms with Gasteiger partial charge in [-0.15, -0.1) is 0 Å². The number of anilines is 1. The van der Waals surface area contributed by atoms with Crippen molar-refractivity contribution in [3.8, 4) is 11.5 Å². The minimum atomic E-state index is -3.88. The zero-order valence-electron chi connectivity index (χ0n) is 39.2. The molecule has 0 N–H and O–H groups in total. The zero-order valence-corrected chi connectivity index (χ0v) is 40.0. The number of sulfone groups is 1. The minimum absolute atomic E-state index is 0.256. The summed E-state index contributed by atoms with van der Waals surface area (Å²) in [4.78, 5) is 15.5. The van der Waals surface area contributed by atoms with E-state index in [1.165, 1.54) is 135 Å². The molecule has 3 saturated heterocycles. The highest BCUT2D eigenvalue weighted by atomic mass is 32.2. The summed E-state index contributed by atoms with van der Waals surface area (Å²) in [5, 5.41) is 0.816. The average molecular weight is 874 g/mol. The summed E-state index contributed by atoms with van der Waals surface area (Å²) in [5.41, 5.74) is 1.51. The summed E-state index contributed by atoms with van der Waals surface area (Å²) in [6, 6.07) is 14.0. The Kier molecular flexibility index (Phi) is 20.5. The predicted molar refractivity (Wildman–Crippen MR) is 258 cm³/mol. The first-order valence-electron chi connectivity index (χ1n) is 25.3. The van der Waals surface area contributed by atoms with Gasteiger partial charge >= 0.3 is 0 Å². The van der Waals surface area contributed by atoms with Crippen molar-refractivity contribution in [1.82, 2.24) is 19.7 Å². The number of unbranched alkanes of at least 4 members (excludes halogenated alkanes) is 17. The fourth-order valence-electron chi connectivity index (χ4n) is 10.3. The molecule has 62 heavy (non-hydrogen) atoms. The maximum atomic E-state index is 14.5. The van der Waals surface area contributed by atoms with Gasteiger partial charge in [-0.1, -0.05) is 123 Å². The van der Waals surface area contributed by atoms with Gasteiger partial charge in [0, 0.05) is 62.9 Å². The third-order valence-electron chi connectivity index (χ3n) is 14.4. The predicted octanol–water partition coefficient (Wildman–Crippen LogP) is 11.6. The molecule has 0 saturated carbocycles. The Morgan fingerprint density at radius 3 is 1.58 bits per heavy atom. The van der Waals surface area contributed by atoms with Crippen LogP contribution in [-0.4, -0.2) is 113 Å². The van der Waals surface area contributed by atoms with Crippen LogP contribution in [0.15, 0.2) is 58.5 Å². The van der Waals surface area contributed by atoms with Crippen molar-refractivity contribution in [3.63, 3.8) is 0 Å². The van der Waals surface area contributed by atoms with Crippen LogP contribution in [0, 0.1) is 0 Å². The van der Waals surface area contributed by atoms with Crippen molar-refractivity contribution in [1.29, 1.82) is 0 Å². The summed E-state index contributed by atoms with van der Waals surface area (Å²) in [5.74, 6) is 1.40. The van der Waals surface area contributed by atoms with E-state index in [1.54, 1.807) is 37.6 Å². The number of likely N-dealkylation sites (tertiary alicyclic amines) is 1. The smallest absolute Gasteiger partial charge is 0.210 e. The second-order valence-corrected chi connectivity index (χ2v) is 20.6. The first kappa shape index (κ1) is 48.5. The molecule has 0 bridgehead atoms. The lowest BCUT2D eigenvalue weighted by Gasteiger charge is -2.46. The lowest BCUT2D eigenvalue weighted by molar-refractivity contribution is 0.0384. The molecule has 10 heteroatoms. The monoisotopic (exact) mass is 874 g/mol. The van der Waals surface area contributed by atoms with Crippen LogP contribution in [0.4, 0.5) is 5.69 Å². The number of methoxy groups -OCH3 is 1. The number of hydrogen-bond acceptors (Lipinski definition) is 9. The third-order valence-corrected chi connectivity index (χ3v) is 16.1. The molecule has 0 spiro atoms. The number of nitrogens with zero attached hydrogens (tertiary/aromatic N) is 5. The Bertz CT molecular complexity index is 1820. The third kappa shape index (κ3) is 14.3. The quantitative estimate of drug-likeness (QED) is 0.0696. The molecule has 4 heterocycles. The first-order chi connectivity index (χ1) is 30.4. The number of pyridine rings is 1. The molecular weight excluding hydrogens is 791 g/mol. The van der Waals surface area contributed by atoms with Gasteiger partial charge in [0.05, 0.1) is 29.8 Å². The summed E-state index contributed by atoms with van der Waals surface area (Å²) < 4.78 is 40.7. The molecule has 0 amide bonds. The van der Waals surface area contributed by atoms with E-state index < -0.39 is 9.84 Å². The Morgan fingerprint density at radius 2 is 1.08 bits per heavy atom. The fourth-order valence-corrected chi connectivity index (χ4v) is 11.8. The van der Waals surface area contributed by atoms with E-state index in [0.717, 1.165) is 87.7 Å². The van der Waals surface area contributed by atoms with E-state index in [2.05, 4.69) is 38.4 Å². The molecule has 3 fully saturated rings. The molecule has 3 aromatic rings. The summed E-state index contributed by atoms with van der Waals surface area (Å²) in [6.07, 6.45) is 30.6. The van der Waals surface area contributed by atoms with Crippen LogP contribution in [-0.2, 0) is 9.84 Å². The second kappa shape index (κ2) is 26.1. The zero-order chi connectivity index (χ0) is 43.4. The van der Waals surface area contributed by atoms with Crippen LogP contribution >= 0.6 is 0 Å². The molecule has 3 aliphatic heterocycles. The molecule has 0 atom stereocenters. The Labute approximate surface area is 377 Å². The highest BCUT2D eigenvalue weighted by Gasteiger charge is 2.34. The highest BCUT2D eigenvalue weighted by Crippen LogP contribution is 2.39. The summed E-state index contributed by atoms with van der Waals surface area (Å²) in [7, 11) is -2.22. The topological polar surface area (TPSA) is 78.4 Å². The first-order valence-corrected chi connectivity index (χ1v) is 26.8. The van der Waals surface area contributed by atoms with Crippen LogP contribution < -0.4 is 14.4 Å². The number of rotatable bonds is 27. The van der Waals surface area contributed by atoms with E-state index in [9.17, 15) is 8.42 Å². The Hall–Kier alpha value is -2.92. The highest BCUT2D eigenvalue weighted by molar-refractivity contribution is 7.91. The van der Waals surface area contributed by atoms with E-state index >= 15 is 0 Å². The van der Waals surface area contributed by atoms with Gasteiger partial charge in [0.2, 0.25) is 9.84 Å². The van der Waals surface area contributed by atoms with Gasteiger partial charge in [-0.3, -0.25) is 14.8 Å². The van der Waals surface area contributed by atoms with Crippen LogP contribution in [0.1, 0.15) is 155 Å². The average Bonchev–Trinajstić information content (AvgIpc) is 3.32. The molecule has 1 aromatic heterocycles. The number of benzene rings is 2. The lowest BCUT2D eigenvalue weighted by Crippen LogP contribution is -2.56. The van der Waals surface area contributed by atoms with Gasteiger partial charge in [-0.25, -0.2) is 8.42 Å². The number of aromatic nitrogens is 1. The van der Waals surface area contributed by atoms with Crippen molar-refractivity contribution < 1.29 is 17.9 Å². The van der Waals surface area contributed by atoms with Gasteiger partial charge in [0.15, 0.2) is 0 Å². The van der Waals surface area contributed by atoms with Gasteiger partial charge in [-0.05, 0) is 94.2 Å². The normalized spacial score (nSPS) is 17.9. The number of fused-ring (bicyclic) bond motifs is 1. The standard InChI is InChI=1S/C52H83N5O4S/c1-4-6-7-8-9-10-11-12-13-14-15-16-17-18-19-20-21-22-41-61-46-23-26-48(27-24-46)62(58,59)51-43-53-50-28-25-47(60-3)42-49(50)52(51)57-35-31-45(32-36-57)56-39-37-55(38-40-56)44-29-33-54(5-2)34-30-44/h23-28,42-45H,4-22,29-41H2,1-3H3. The molecular formula is C52H83N5O4S. The Morgan fingerprint density at radius 1 is 0.597 bits per heavy atom. The molecule has 0 unspecified atom stereocenters. The van der Waals surface area contributed by atoms with Crippen LogP contribution in [0.2, 0.25) is 0 Å². The van der Waals surface area contributed by atoms with Crippen LogP contribution in [0.25, 0.3) is 10.9 Å². The van der Waals surface area contributed by atoms with E-state index in [1.807, 2.05) is 18.2 Å². The minimum Gasteiger partial charge on any atom is -0.497 e. The molecule has 2 aromatic carbocycles. The van der Waals surface area contributed by atoms with E-state index in [4.69, 9.17) is 9.47 Å². The van der Waals surface area contributed by atoms with Gasteiger partial charge in [0.1, 0.15) is 16.4 Å². The summed E-state index contributed by atoms with van der Waals surface area (Å²) >= 11 is 0. The number of piperidine rings is 2. The molecule has 0 aliphatic carbocycles. The van der Waals surface area contributed by atoms with E-state index in [0.29, 0.717) is 24.1 Å². The van der Waals surface area contributed by atoms with E-state index in [-0.39, 0.29) is 9.79 Å². The lowest BCUT2D eigenvalue weighted by atomic mass is 9.99. The Balaban J connectivity index is 0.933. The molecule has 9 nitrogen and oxygen atoms in total. The van der Waals surface area contributed by atoms with Crippen molar-refractivity contribution in [2.75, 3.05) is 77.5 Å². The molecule has 0 radical (unpaired) electrons. The van der Waals surface area contributed by atoms with Crippen molar-refractivity contribution >= 4 is 26.4 Å². The van der Waals surface area contributed by atoms with Gasteiger partial charge < -0.3 is 19.3 Å². The largest absolute Gasteiger partial charge is 0.497 e. The summed E-state index contributed by atoms with van der Waals surface area (Å²) in [6.45, 7) is 15.0. The van der Waals surface area contributed by atoms with Crippen LogP contribution in [0.3, 0.4) is 0 Å². The number of piperazine rings is 1. The molecule has 3 aliphatic rings. The van der Waals surface area contributed by atoms with Crippen molar-refractivity contribution in [3.05, 3.63) is 48.7 Å². The fraction of sp³-hybridized carbons (Fsp3) is 0.712. The van der Waals surface area contributed by atoms with Gasteiger partial charge in [-0.2, -0.15) is 0 Å². The van der Waals surface area contributed by atoms with Gasteiger partial charge in [0.25, 0.3) is 0 Å². The molecule has 346 valence electrons. The van der Waals surface area contributed by atoms with Crippen molar-refractivity contribution in [2.24, 2.45) is 0 Å². The SMILES string of the molecule is CCCCCCCCCCCCCCCCCCCCOc1ccc(S(=O)(=O)c2cnc3ccc(OC)cc3c2N2CCC(N3CCN(C4CCN(CC)CC4)CC3)CC2)cc1. The number of ether oxygens (including phenoxy) is 2. The van der Waals surface area contributed by atoms with Crippen LogP contribution in [0.5, 0.6) is 11.5 Å². The maximum Gasteiger partial charge on any atom is 0.210 e.